The molecule has 1 N–H and O–H groups in total. The zero-order valence-electron chi connectivity index (χ0n) is 13.3. The van der Waals surface area contributed by atoms with E-state index < -0.39 is 16.1 Å². The fraction of sp³-hybridized carbons (Fsp3) is 0.353. The van der Waals surface area contributed by atoms with Gasteiger partial charge in [0.25, 0.3) is 10.1 Å². The van der Waals surface area contributed by atoms with Crippen molar-refractivity contribution in [3.8, 4) is 0 Å². The molecule has 0 aliphatic heterocycles. The summed E-state index contributed by atoms with van der Waals surface area (Å²) >= 11 is 0. The molecule has 128 valence electrons. The highest BCUT2D eigenvalue weighted by Gasteiger charge is 2.25. The van der Waals surface area contributed by atoms with Crippen molar-refractivity contribution < 1.29 is 22.5 Å². The molecule has 0 radical (unpaired) electrons. The van der Waals surface area contributed by atoms with Crippen LogP contribution in [0.1, 0.15) is 28.9 Å². The Hall–Kier alpha value is -2.12. The van der Waals surface area contributed by atoms with Gasteiger partial charge >= 0.3 is 5.97 Å². The molecule has 0 saturated heterocycles. The molecule has 1 saturated carbocycles. The number of benzene rings is 1. The number of hydrogen-bond donors (Lipinski definition) is 1. The number of nitrogens with zero attached hydrogens (tertiary/aromatic N) is 1. The Morgan fingerprint density at radius 2 is 2.17 bits per heavy atom. The van der Waals surface area contributed by atoms with Crippen molar-refractivity contribution in [1.29, 1.82) is 0 Å². The normalized spacial score (nSPS) is 15.4. The van der Waals surface area contributed by atoms with Gasteiger partial charge in [0, 0.05) is 11.9 Å². The maximum absolute atomic E-state index is 11.5. The summed E-state index contributed by atoms with van der Waals surface area (Å²) < 4.78 is 28.5. The van der Waals surface area contributed by atoms with Crippen LogP contribution < -0.4 is 0 Å². The molecule has 6 nitrogen and oxygen atoms in total. The van der Waals surface area contributed by atoms with Gasteiger partial charge in [-0.05, 0) is 30.4 Å². The summed E-state index contributed by atoms with van der Waals surface area (Å²) in [6.07, 6.45) is 6.63. The minimum Gasteiger partial charge on any atom is -0.477 e. The van der Waals surface area contributed by atoms with Crippen molar-refractivity contribution >= 4 is 33.1 Å². The van der Waals surface area contributed by atoms with Crippen LogP contribution in [0.3, 0.4) is 0 Å². The summed E-state index contributed by atoms with van der Waals surface area (Å²) in [6, 6.07) is 7.31. The maximum atomic E-state index is 11.5. The Morgan fingerprint density at radius 3 is 2.79 bits per heavy atom. The lowest BCUT2D eigenvalue weighted by Gasteiger charge is -2.09. The number of hydrogen-bond acceptors (Lipinski definition) is 4. The highest BCUT2D eigenvalue weighted by Crippen LogP contribution is 2.34. The Bertz CT molecular complexity index is 906. The van der Waals surface area contributed by atoms with Gasteiger partial charge in [-0.1, -0.05) is 30.4 Å². The van der Waals surface area contributed by atoms with E-state index in [-0.39, 0.29) is 12.3 Å². The summed E-state index contributed by atoms with van der Waals surface area (Å²) in [5.74, 6) is -0.411. The zero-order chi connectivity index (χ0) is 17.3. The van der Waals surface area contributed by atoms with Crippen LogP contribution in [0.4, 0.5) is 0 Å². The van der Waals surface area contributed by atoms with Crippen molar-refractivity contribution in [3.05, 3.63) is 41.6 Å². The predicted octanol–water partition coefficient (Wildman–Crippen LogP) is 2.74. The minimum absolute atomic E-state index is 0.0512. The lowest BCUT2D eigenvalue weighted by molar-refractivity contribution is 0.0685. The molecule has 3 rings (SSSR count). The van der Waals surface area contributed by atoms with Gasteiger partial charge in [0.15, 0.2) is 0 Å². The van der Waals surface area contributed by atoms with E-state index in [1.54, 1.807) is 18.2 Å². The third-order valence-electron chi connectivity index (χ3n) is 3.98. The molecule has 1 aliphatic carbocycles. The topological polar surface area (TPSA) is 85.6 Å². The molecule has 0 atom stereocenters. The van der Waals surface area contributed by atoms with Crippen LogP contribution in [0, 0.1) is 5.92 Å². The first-order valence-corrected chi connectivity index (χ1v) is 9.53. The van der Waals surface area contributed by atoms with Crippen LogP contribution in [-0.2, 0) is 20.8 Å². The van der Waals surface area contributed by atoms with Crippen molar-refractivity contribution in [1.82, 2.24) is 4.57 Å². The molecule has 24 heavy (non-hydrogen) atoms. The number of carboxylic acids is 1. The van der Waals surface area contributed by atoms with Crippen LogP contribution in [0.25, 0.3) is 17.0 Å². The highest BCUT2D eigenvalue weighted by atomic mass is 32.2. The van der Waals surface area contributed by atoms with Crippen LogP contribution in [0.15, 0.2) is 30.3 Å². The van der Waals surface area contributed by atoms with Gasteiger partial charge in [-0.15, -0.1) is 0 Å². The van der Waals surface area contributed by atoms with E-state index >= 15 is 0 Å². The molecule has 1 fully saturated rings. The smallest absolute Gasteiger partial charge is 0.352 e. The van der Waals surface area contributed by atoms with Gasteiger partial charge in [0.2, 0.25) is 0 Å². The molecule has 1 heterocycles. The lowest BCUT2D eigenvalue weighted by Crippen LogP contribution is -2.10. The van der Waals surface area contributed by atoms with E-state index in [1.165, 1.54) is 0 Å². The van der Waals surface area contributed by atoms with Crippen LogP contribution in [0.5, 0.6) is 0 Å². The number of aromatic nitrogens is 1. The second-order valence-corrected chi connectivity index (χ2v) is 7.71. The number of carboxylic acid groups (broad SMARTS) is 1. The molecule has 0 amide bonds. The largest absolute Gasteiger partial charge is 0.477 e. The molecule has 2 aromatic rings. The van der Waals surface area contributed by atoms with E-state index in [4.69, 9.17) is 4.18 Å². The summed E-state index contributed by atoms with van der Waals surface area (Å²) in [7, 11) is -3.48. The van der Waals surface area contributed by atoms with E-state index in [1.807, 2.05) is 22.8 Å². The number of carbonyl (C=O) groups is 1. The summed E-state index contributed by atoms with van der Waals surface area (Å²) in [5, 5.41) is 10.3. The van der Waals surface area contributed by atoms with Crippen molar-refractivity contribution in [2.75, 3.05) is 12.9 Å². The number of rotatable bonds is 7. The van der Waals surface area contributed by atoms with Crippen LogP contribution >= 0.6 is 0 Å². The summed E-state index contributed by atoms with van der Waals surface area (Å²) in [5.41, 5.74) is 1.99. The van der Waals surface area contributed by atoms with Crippen molar-refractivity contribution in [2.45, 2.75) is 19.4 Å². The monoisotopic (exact) mass is 349 g/mol. The standard InChI is InChI=1S/C17H19NO5S/c1-24(21,22)23-9-3-6-13-4-2-5-14-10-15(17(19)20)18(16(13)14)11-12-7-8-12/h2-6,10,12H,7-9,11H2,1H3,(H,19,20). The van der Waals surface area contributed by atoms with Gasteiger partial charge in [-0.3, -0.25) is 4.18 Å². The molecule has 0 spiro atoms. The number of para-hydroxylation sites is 1. The van der Waals surface area contributed by atoms with Gasteiger partial charge < -0.3 is 9.67 Å². The molecule has 1 aliphatic rings. The molecular formula is C17H19NO5S. The Labute approximate surface area is 140 Å². The third kappa shape index (κ3) is 3.85. The van der Waals surface area contributed by atoms with Crippen molar-refractivity contribution in [2.24, 2.45) is 5.92 Å². The minimum atomic E-state index is -3.48. The van der Waals surface area contributed by atoms with E-state index in [0.29, 0.717) is 12.5 Å². The van der Waals surface area contributed by atoms with Gasteiger partial charge in [-0.25, -0.2) is 4.79 Å². The first kappa shape index (κ1) is 16.7. The van der Waals surface area contributed by atoms with E-state index in [2.05, 4.69) is 0 Å². The third-order valence-corrected chi connectivity index (χ3v) is 4.55. The molecule has 7 heteroatoms. The first-order chi connectivity index (χ1) is 11.3. The molecule has 1 aromatic heterocycles. The predicted molar refractivity (Wildman–Crippen MR) is 91.5 cm³/mol. The van der Waals surface area contributed by atoms with Gasteiger partial charge in [-0.2, -0.15) is 8.42 Å². The van der Waals surface area contributed by atoms with Gasteiger partial charge in [0.1, 0.15) is 5.69 Å². The molecular weight excluding hydrogens is 330 g/mol. The Morgan fingerprint density at radius 1 is 1.42 bits per heavy atom. The SMILES string of the molecule is CS(=O)(=O)OCC=Cc1cccc2cc(C(=O)O)n(CC3CC3)c12. The average molecular weight is 349 g/mol. The molecule has 0 bridgehead atoms. The molecule has 0 unspecified atom stereocenters. The average Bonchev–Trinajstić information content (AvgIpc) is 3.22. The van der Waals surface area contributed by atoms with E-state index in [0.717, 1.165) is 35.6 Å². The zero-order valence-corrected chi connectivity index (χ0v) is 14.1. The van der Waals surface area contributed by atoms with Crippen molar-refractivity contribution in [3.63, 3.8) is 0 Å². The Kier molecular flexibility index (Phi) is 4.47. The summed E-state index contributed by atoms with van der Waals surface area (Å²) in [4.78, 5) is 11.5. The molecule has 1 aromatic carbocycles. The maximum Gasteiger partial charge on any atom is 0.352 e. The highest BCUT2D eigenvalue weighted by molar-refractivity contribution is 7.85. The number of aromatic carboxylic acids is 1. The fourth-order valence-corrected chi connectivity index (χ4v) is 3.08. The number of fused-ring (bicyclic) bond motifs is 1. The van der Waals surface area contributed by atoms with E-state index in [9.17, 15) is 18.3 Å². The quantitative estimate of drug-likeness (QED) is 0.777. The second-order valence-electron chi connectivity index (χ2n) is 6.06. The Balaban J connectivity index is 1.98. The van der Waals surface area contributed by atoms with Gasteiger partial charge in [0.05, 0.1) is 18.4 Å². The lowest BCUT2D eigenvalue weighted by atomic mass is 10.1. The first-order valence-electron chi connectivity index (χ1n) is 7.71. The second kappa shape index (κ2) is 6.41. The fourth-order valence-electron chi connectivity index (χ4n) is 2.75. The van der Waals surface area contributed by atoms with Crippen LogP contribution in [-0.4, -0.2) is 36.9 Å². The van der Waals surface area contributed by atoms with Crippen LogP contribution in [0.2, 0.25) is 0 Å². The summed E-state index contributed by atoms with van der Waals surface area (Å²) in [6.45, 7) is 0.639.